The molecule has 1 heterocycles. The second-order valence-corrected chi connectivity index (χ2v) is 11.6. The average molecular weight is 789 g/mol. The van der Waals surface area contributed by atoms with Crippen molar-refractivity contribution in [3.63, 3.8) is 0 Å². The summed E-state index contributed by atoms with van der Waals surface area (Å²) >= 11 is 2.13. The predicted molar refractivity (Wildman–Crippen MR) is 187 cm³/mol. The molecule has 0 radical (unpaired) electrons. The van der Waals surface area contributed by atoms with Crippen LogP contribution in [0.1, 0.15) is 53.9 Å². The highest BCUT2D eigenvalue weighted by Crippen LogP contribution is 2.36. The lowest BCUT2D eigenvalue weighted by Crippen LogP contribution is -2.45. The minimum atomic E-state index is -1.19. The number of aliphatic hydroxyl groups is 1. The van der Waals surface area contributed by atoms with Crippen LogP contribution in [0.4, 0.5) is 4.79 Å². The van der Waals surface area contributed by atoms with Crippen LogP contribution >= 0.6 is 22.6 Å². The molecule has 49 heavy (non-hydrogen) atoms. The lowest BCUT2D eigenvalue weighted by molar-refractivity contribution is -0.136. The van der Waals surface area contributed by atoms with Crippen molar-refractivity contribution in [2.75, 3.05) is 26.9 Å². The first kappa shape index (κ1) is 36.8. The van der Waals surface area contributed by atoms with E-state index in [9.17, 15) is 19.5 Å². The van der Waals surface area contributed by atoms with Crippen molar-refractivity contribution in [1.82, 2.24) is 16.1 Å². The number of urea groups is 1. The quantitative estimate of drug-likeness (QED) is 0.0453. The molecule has 1 aliphatic heterocycles. The fourth-order valence-corrected chi connectivity index (χ4v) is 5.57. The number of methoxy groups -OCH3 is 1. The number of hydrazone groups is 1. The molecule has 4 rings (SSSR count). The van der Waals surface area contributed by atoms with Crippen LogP contribution in [0, 0.1) is 3.57 Å². The zero-order valence-corrected chi connectivity index (χ0v) is 29.4. The van der Waals surface area contributed by atoms with Gasteiger partial charge in [-0.25, -0.2) is 14.4 Å². The Balaban J connectivity index is 1.39. The number of aliphatic hydroxyl groups excluding tert-OH is 1. The van der Waals surface area contributed by atoms with Gasteiger partial charge in [0.15, 0.2) is 29.2 Å². The summed E-state index contributed by atoms with van der Waals surface area (Å²) in [5.74, 6) is 0.142. The van der Waals surface area contributed by atoms with Crippen molar-refractivity contribution in [2.45, 2.75) is 39.6 Å². The Kier molecular flexibility index (Phi) is 13.1. The largest absolute Gasteiger partial charge is 0.490 e. The number of amides is 2. The van der Waals surface area contributed by atoms with Crippen molar-refractivity contribution in [3.8, 4) is 23.0 Å². The first-order chi connectivity index (χ1) is 23.5. The Morgan fingerprint density at radius 2 is 1.71 bits per heavy atom. The molecular formula is C34H37IN4O10. The van der Waals surface area contributed by atoms with E-state index in [2.05, 4.69) is 43.8 Å². The van der Waals surface area contributed by atoms with Crippen LogP contribution in [0.5, 0.6) is 23.0 Å². The Hall–Kier alpha value is -5.03. The number of carbonyl (C=O) groups is 3. The minimum absolute atomic E-state index is 0.185. The number of carbonyl (C=O) groups excluding carboxylic acids is 2. The van der Waals surface area contributed by atoms with Crippen LogP contribution in [0.2, 0.25) is 0 Å². The van der Waals surface area contributed by atoms with Gasteiger partial charge in [0.2, 0.25) is 0 Å². The number of hydrogen-bond acceptors (Lipinski definition) is 11. The number of halogens is 1. The van der Waals surface area contributed by atoms with E-state index in [0.29, 0.717) is 53.0 Å². The van der Waals surface area contributed by atoms with Crippen LogP contribution in [-0.4, -0.2) is 67.6 Å². The van der Waals surface area contributed by atoms with Gasteiger partial charge in [-0.15, -0.1) is 0 Å². The summed E-state index contributed by atoms with van der Waals surface area (Å²) < 4.78 is 29.1. The van der Waals surface area contributed by atoms with Crippen LogP contribution < -0.4 is 35.0 Å². The number of nitrogens with zero attached hydrogens (tertiary/aromatic N) is 1. The monoisotopic (exact) mass is 788 g/mol. The summed E-state index contributed by atoms with van der Waals surface area (Å²) in [5, 5.41) is 29.1. The zero-order valence-electron chi connectivity index (χ0n) is 27.2. The number of hydrogen-bond donors (Lipinski definition) is 5. The van der Waals surface area contributed by atoms with Gasteiger partial charge in [-0.2, -0.15) is 5.10 Å². The molecule has 2 atom stereocenters. The smallest absolute Gasteiger partial charge is 0.337 e. The number of benzene rings is 3. The SMILES string of the molecule is CCOc1cc([C@H]2NC(=O)NC(C)=C2C(=O)OC)ccc1OC[C@H](O)N/N=C\c1cc(I)c(OCc2ccc(C(=O)O)cc2)c(OCC)c1. The molecule has 1 aliphatic rings. The highest BCUT2D eigenvalue weighted by molar-refractivity contribution is 14.1. The molecule has 0 unspecified atom stereocenters. The molecule has 0 aliphatic carbocycles. The molecule has 260 valence electrons. The van der Waals surface area contributed by atoms with E-state index in [1.54, 1.807) is 50.2 Å². The van der Waals surface area contributed by atoms with E-state index in [1.165, 1.54) is 25.5 Å². The van der Waals surface area contributed by atoms with E-state index >= 15 is 0 Å². The third-order valence-electron chi connectivity index (χ3n) is 7.03. The van der Waals surface area contributed by atoms with Gasteiger partial charge in [-0.1, -0.05) is 18.2 Å². The maximum Gasteiger partial charge on any atom is 0.337 e. The van der Waals surface area contributed by atoms with Crippen molar-refractivity contribution < 1.29 is 48.3 Å². The summed E-state index contributed by atoms with van der Waals surface area (Å²) in [5.41, 5.74) is 5.51. The number of esters is 1. The summed E-state index contributed by atoms with van der Waals surface area (Å²) in [6.07, 6.45) is 0.330. The number of aromatic carboxylic acids is 1. The number of allylic oxidation sites excluding steroid dienone is 1. The maximum atomic E-state index is 12.5. The fourth-order valence-electron chi connectivity index (χ4n) is 4.78. The summed E-state index contributed by atoms with van der Waals surface area (Å²) in [4.78, 5) is 35.8. The first-order valence-corrected chi connectivity index (χ1v) is 16.3. The summed E-state index contributed by atoms with van der Waals surface area (Å²) in [6.45, 7) is 6.01. The molecule has 0 bridgehead atoms. The van der Waals surface area contributed by atoms with Gasteiger partial charge in [0.05, 0.1) is 47.3 Å². The number of carboxylic acids is 1. The number of ether oxygens (including phenoxy) is 5. The molecule has 15 heteroatoms. The Morgan fingerprint density at radius 3 is 2.39 bits per heavy atom. The lowest BCUT2D eigenvalue weighted by atomic mass is 9.95. The van der Waals surface area contributed by atoms with Crippen LogP contribution in [0.3, 0.4) is 0 Å². The van der Waals surface area contributed by atoms with Crippen LogP contribution in [0.15, 0.2) is 71.0 Å². The van der Waals surface area contributed by atoms with Crippen molar-refractivity contribution in [2.24, 2.45) is 5.10 Å². The van der Waals surface area contributed by atoms with Gasteiger partial charge in [0, 0.05) is 5.70 Å². The van der Waals surface area contributed by atoms with Crippen LogP contribution in [0.25, 0.3) is 0 Å². The molecule has 0 aromatic heterocycles. The highest BCUT2D eigenvalue weighted by atomic mass is 127. The molecule has 0 saturated heterocycles. The molecular weight excluding hydrogens is 751 g/mol. The number of rotatable bonds is 16. The second-order valence-electron chi connectivity index (χ2n) is 10.5. The molecule has 2 amide bonds. The third kappa shape index (κ3) is 9.76. The highest BCUT2D eigenvalue weighted by Gasteiger charge is 2.32. The summed E-state index contributed by atoms with van der Waals surface area (Å²) in [6, 6.07) is 13.8. The molecule has 14 nitrogen and oxygen atoms in total. The van der Waals surface area contributed by atoms with Gasteiger partial charge in [-0.05, 0) is 96.5 Å². The standard InChI is InChI=1S/C34H37IN4O10/c1-5-46-26-15-23(30-29(33(43)45-4)19(3)37-34(44)38-30)11-12-25(26)48-18-28(40)39-36-16-21-13-24(35)31(27(14-21)47-6-2)49-17-20-7-9-22(10-8-20)32(41)42/h7-16,28,30,39-40H,5-6,17-18H2,1-4H3,(H,41,42)(H2,37,38,44)/b36-16-/t28-,30+/m0/s1. The first-order valence-electron chi connectivity index (χ1n) is 15.2. The third-order valence-corrected chi connectivity index (χ3v) is 7.83. The molecule has 5 N–H and O–H groups in total. The normalized spacial score (nSPS) is 14.8. The van der Waals surface area contributed by atoms with Crippen molar-refractivity contribution >= 4 is 46.8 Å². The lowest BCUT2D eigenvalue weighted by Gasteiger charge is -2.28. The molecule has 0 fully saturated rings. The number of carboxylic acid groups (broad SMARTS) is 1. The molecule has 0 spiro atoms. The van der Waals surface area contributed by atoms with Gasteiger partial charge < -0.3 is 44.5 Å². The molecule has 3 aromatic carbocycles. The Bertz CT molecular complexity index is 1730. The predicted octanol–water partition coefficient (Wildman–Crippen LogP) is 4.49. The topological polar surface area (TPSA) is 186 Å². The molecule has 3 aromatic rings. The average Bonchev–Trinajstić information content (AvgIpc) is 3.07. The van der Waals surface area contributed by atoms with E-state index < -0.39 is 30.2 Å². The van der Waals surface area contributed by atoms with Crippen molar-refractivity contribution in [3.05, 3.63) is 91.7 Å². The van der Waals surface area contributed by atoms with E-state index in [4.69, 9.17) is 28.8 Å². The number of nitrogens with one attached hydrogen (secondary N) is 3. The minimum Gasteiger partial charge on any atom is -0.490 e. The fraction of sp³-hybridized carbons (Fsp3) is 0.294. The van der Waals surface area contributed by atoms with Crippen LogP contribution in [-0.2, 0) is 16.1 Å². The van der Waals surface area contributed by atoms with Gasteiger partial charge in [-0.3, -0.25) is 5.43 Å². The molecule has 0 saturated carbocycles. The van der Waals surface area contributed by atoms with Gasteiger partial charge in [0.1, 0.15) is 13.2 Å². The second kappa shape index (κ2) is 17.4. The van der Waals surface area contributed by atoms with E-state index in [1.807, 2.05) is 13.0 Å². The Morgan fingerprint density at radius 1 is 1.00 bits per heavy atom. The van der Waals surface area contributed by atoms with Crippen molar-refractivity contribution in [1.29, 1.82) is 0 Å². The van der Waals surface area contributed by atoms with Gasteiger partial charge >= 0.3 is 18.0 Å². The maximum absolute atomic E-state index is 12.5. The zero-order chi connectivity index (χ0) is 35.5. The summed E-state index contributed by atoms with van der Waals surface area (Å²) in [7, 11) is 1.27. The Labute approximate surface area is 296 Å². The van der Waals surface area contributed by atoms with E-state index in [0.717, 1.165) is 9.13 Å². The van der Waals surface area contributed by atoms with E-state index in [-0.39, 0.29) is 24.4 Å². The van der Waals surface area contributed by atoms with Gasteiger partial charge in [0.25, 0.3) is 0 Å².